The Kier molecular flexibility index (Phi) is 4.56. The molecule has 0 atom stereocenters. The van der Waals surface area contributed by atoms with Gasteiger partial charge in [-0.25, -0.2) is 0 Å². The summed E-state index contributed by atoms with van der Waals surface area (Å²) in [7, 11) is 0. The van der Waals surface area contributed by atoms with Crippen LogP contribution in [0.25, 0.3) is 0 Å². The molecule has 0 aliphatic rings. The fourth-order valence-corrected chi connectivity index (χ4v) is 1.88. The maximum atomic E-state index is 11.0. The lowest BCUT2D eigenvalue weighted by Crippen LogP contribution is -2.06. The van der Waals surface area contributed by atoms with Gasteiger partial charge in [0.05, 0.1) is 0 Å². The normalized spacial score (nSPS) is 9.81. The standard InChI is InChI=1S/C16H17N3O2/c1-11(20)17-13-6-8-14(9-7-13)19-16-5-3-4-15(10-16)18-12(2)21/h3-10,19H,1-2H3,(H,17,20)(H,18,21). The molecule has 0 saturated heterocycles. The number of carbonyl (C=O) groups excluding carboxylic acids is 2. The second-order valence-corrected chi connectivity index (χ2v) is 4.65. The van der Waals surface area contributed by atoms with Crippen LogP contribution in [-0.2, 0) is 9.59 Å². The number of amides is 2. The van der Waals surface area contributed by atoms with Gasteiger partial charge in [-0.05, 0) is 42.5 Å². The van der Waals surface area contributed by atoms with Gasteiger partial charge in [-0.2, -0.15) is 0 Å². The third-order valence-corrected chi connectivity index (χ3v) is 2.68. The van der Waals surface area contributed by atoms with Gasteiger partial charge >= 0.3 is 0 Å². The number of anilines is 4. The van der Waals surface area contributed by atoms with E-state index in [1.807, 2.05) is 48.5 Å². The average molecular weight is 283 g/mol. The van der Waals surface area contributed by atoms with E-state index in [1.165, 1.54) is 13.8 Å². The summed E-state index contributed by atoms with van der Waals surface area (Å²) >= 11 is 0. The first-order valence-electron chi connectivity index (χ1n) is 6.55. The van der Waals surface area contributed by atoms with Gasteiger partial charge in [0.25, 0.3) is 0 Å². The summed E-state index contributed by atoms with van der Waals surface area (Å²) in [5.41, 5.74) is 3.25. The lowest BCUT2D eigenvalue weighted by molar-refractivity contribution is -0.115. The van der Waals surface area contributed by atoms with Crippen LogP contribution in [0.15, 0.2) is 48.5 Å². The highest BCUT2D eigenvalue weighted by Gasteiger charge is 2.00. The van der Waals surface area contributed by atoms with Gasteiger partial charge in [-0.3, -0.25) is 9.59 Å². The van der Waals surface area contributed by atoms with Gasteiger partial charge < -0.3 is 16.0 Å². The molecule has 0 bridgehead atoms. The second kappa shape index (κ2) is 6.56. The minimum atomic E-state index is -0.105. The third kappa shape index (κ3) is 4.65. The van der Waals surface area contributed by atoms with Crippen LogP contribution in [-0.4, -0.2) is 11.8 Å². The smallest absolute Gasteiger partial charge is 0.221 e. The van der Waals surface area contributed by atoms with E-state index in [1.54, 1.807) is 0 Å². The molecule has 2 rings (SSSR count). The molecule has 2 aromatic carbocycles. The van der Waals surface area contributed by atoms with Gasteiger partial charge in [0.2, 0.25) is 11.8 Å². The van der Waals surface area contributed by atoms with Crippen LogP contribution in [0.5, 0.6) is 0 Å². The highest BCUT2D eigenvalue weighted by Crippen LogP contribution is 2.21. The molecule has 0 aliphatic heterocycles. The fraction of sp³-hybridized carbons (Fsp3) is 0.125. The molecule has 0 fully saturated rings. The van der Waals surface area contributed by atoms with Crippen molar-refractivity contribution in [1.29, 1.82) is 0 Å². The van der Waals surface area contributed by atoms with Crippen molar-refractivity contribution < 1.29 is 9.59 Å². The van der Waals surface area contributed by atoms with E-state index in [0.717, 1.165) is 22.7 Å². The molecular weight excluding hydrogens is 266 g/mol. The lowest BCUT2D eigenvalue weighted by atomic mass is 10.2. The Balaban J connectivity index is 2.07. The minimum Gasteiger partial charge on any atom is -0.355 e. The van der Waals surface area contributed by atoms with Crippen molar-refractivity contribution in [3.8, 4) is 0 Å². The zero-order chi connectivity index (χ0) is 15.2. The van der Waals surface area contributed by atoms with E-state index >= 15 is 0 Å². The summed E-state index contributed by atoms with van der Waals surface area (Å²) in [5, 5.41) is 8.68. The molecule has 0 aromatic heterocycles. The summed E-state index contributed by atoms with van der Waals surface area (Å²) in [6.07, 6.45) is 0. The molecule has 5 nitrogen and oxygen atoms in total. The molecule has 0 spiro atoms. The first-order chi connectivity index (χ1) is 10.0. The molecule has 21 heavy (non-hydrogen) atoms. The van der Waals surface area contributed by atoms with Gasteiger partial charge in [0, 0.05) is 36.6 Å². The highest BCUT2D eigenvalue weighted by molar-refractivity contribution is 5.90. The van der Waals surface area contributed by atoms with Crippen molar-refractivity contribution in [2.24, 2.45) is 0 Å². The zero-order valence-electron chi connectivity index (χ0n) is 11.9. The Morgan fingerprint density at radius 3 is 1.86 bits per heavy atom. The quantitative estimate of drug-likeness (QED) is 0.806. The summed E-state index contributed by atoms with van der Waals surface area (Å²) in [6, 6.07) is 14.8. The largest absolute Gasteiger partial charge is 0.355 e. The maximum Gasteiger partial charge on any atom is 0.221 e. The maximum absolute atomic E-state index is 11.0. The average Bonchev–Trinajstić information content (AvgIpc) is 2.40. The molecule has 0 unspecified atom stereocenters. The van der Waals surface area contributed by atoms with Crippen molar-refractivity contribution in [2.75, 3.05) is 16.0 Å². The van der Waals surface area contributed by atoms with Crippen LogP contribution in [0.2, 0.25) is 0 Å². The SMILES string of the molecule is CC(=O)Nc1ccc(Nc2cccc(NC(C)=O)c2)cc1. The molecule has 0 heterocycles. The lowest BCUT2D eigenvalue weighted by Gasteiger charge is -2.09. The Bertz CT molecular complexity index is 651. The topological polar surface area (TPSA) is 70.2 Å². The molecule has 0 aliphatic carbocycles. The third-order valence-electron chi connectivity index (χ3n) is 2.68. The van der Waals surface area contributed by atoms with E-state index < -0.39 is 0 Å². The Morgan fingerprint density at radius 2 is 1.24 bits per heavy atom. The predicted octanol–water partition coefficient (Wildman–Crippen LogP) is 3.35. The first-order valence-corrected chi connectivity index (χ1v) is 6.55. The number of benzene rings is 2. The molecule has 0 saturated carbocycles. The van der Waals surface area contributed by atoms with E-state index in [4.69, 9.17) is 0 Å². The highest BCUT2D eigenvalue weighted by atomic mass is 16.2. The number of nitrogens with one attached hydrogen (secondary N) is 3. The number of hydrogen-bond acceptors (Lipinski definition) is 3. The number of carbonyl (C=O) groups is 2. The van der Waals surface area contributed by atoms with Crippen molar-refractivity contribution in [2.45, 2.75) is 13.8 Å². The molecule has 0 radical (unpaired) electrons. The number of hydrogen-bond donors (Lipinski definition) is 3. The van der Waals surface area contributed by atoms with E-state index in [-0.39, 0.29) is 11.8 Å². The van der Waals surface area contributed by atoms with E-state index in [0.29, 0.717) is 0 Å². The molecule has 5 heteroatoms. The first kappa shape index (κ1) is 14.6. The van der Waals surface area contributed by atoms with Crippen molar-refractivity contribution in [1.82, 2.24) is 0 Å². The molecule has 3 N–H and O–H groups in total. The van der Waals surface area contributed by atoms with Crippen molar-refractivity contribution in [3.63, 3.8) is 0 Å². The second-order valence-electron chi connectivity index (χ2n) is 4.65. The van der Waals surface area contributed by atoms with E-state index in [2.05, 4.69) is 16.0 Å². The van der Waals surface area contributed by atoms with Crippen LogP contribution in [0.4, 0.5) is 22.7 Å². The Hall–Kier alpha value is -2.82. The zero-order valence-corrected chi connectivity index (χ0v) is 11.9. The molecular formula is C16H17N3O2. The molecule has 2 amide bonds. The molecule has 2 aromatic rings. The van der Waals surface area contributed by atoms with Crippen LogP contribution in [0.1, 0.15) is 13.8 Å². The minimum absolute atomic E-state index is 0.0984. The van der Waals surface area contributed by atoms with Gasteiger partial charge in [0.15, 0.2) is 0 Å². The van der Waals surface area contributed by atoms with E-state index in [9.17, 15) is 9.59 Å². The van der Waals surface area contributed by atoms with Crippen LogP contribution in [0, 0.1) is 0 Å². The van der Waals surface area contributed by atoms with Crippen LogP contribution in [0.3, 0.4) is 0 Å². The van der Waals surface area contributed by atoms with Crippen molar-refractivity contribution in [3.05, 3.63) is 48.5 Å². The Labute approximate surface area is 123 Å². The van der Waals surface area contributed by atoms with Crippen LogP contribution < -0.4 is 16.0 Å². The Morgan fingerprint density at radius 1 is 0.714 bits per heavy atom. The number of rotatable bonds is 4. The summed E-state index contributed by atoms with van der Waals surface area (Å²) < 4.78 is 0. The summed E-state index contributed by atoms with van der Waals surface area (Å²) in [5.74, 6) is -0.203. The van der Waals surface area contributed by atoms with Gasteiger partial charge in [-0.1, -0.05) is 6.07 Å². The summed E-state index contributed by atoms with van der Waals surface area (Å²) in [4.78, 5) is 22.0. The summed E-state index contributed by atoms with van der Waals surface area (Å²) in [6.45, 7) is 2.94. The monoisotopic (exact) mass is 283 g/mol. The van der Waals surface area contributed by atoms with Gasteiger partial charge in [0.1, 0.15) is 0 Å². The van der Waals surface area contributed by atoms with Gasteiger partial charge in [-0.15, -0.1) is 0 Å². The van der Waals surface area contributed by atoms with Crippen LogP contribution >= 0.6 is 0 Å². The fourth-order valence-electron chi connectivity index (χ4n) is 1.88. The molecule has 108 valence electrons. The predicted molar refractivity (Wildman–Crippen MR) is 84.8 cm³/mol. The van der Waals surface area contributed by atoms with Crippen molar-refractivity contribution >= 4 is 34.6 Å².